The molecule has 5 heteroatoms. The topological polar surface area (TPSA) is 62.4 Å². The Balaban J connectivity index is 1.70. The van der Waals surface area contributed by atoms with Crippen LogP contribution in [0.25, 0.3) is 0 Å². The maximum Gasteiger partial charge on any atom is 0.220 e. The summed E-state index contributed by atoms with van der Waals surface area (Å²) in [6, 6.07) is 10.0. The zero-order chi connectivity index (χ0) is 14.4. The highest BCUT2D eigenvalue weighted by Crippen LogP contribution is 2.17. The first kappa shape index (κ1) is 15.0. The summed E-state index contributed by atoms with van der Waals surface area (Å²) in [5.41, 5.74) is 4.08. The van der Waals surface area contributed by atoms with Crippen LogP contribution in [-0.4, -0.2) is 18.7 Å². The molecular formula is C15H23N3O2. The van der Waals surface area contributed by atoms with E-state index in [1.165, 1.54) is 0 Å². The number of nitrogens with one attached hydrogen (secondary N) is 3. The number of hydrogen-bond acceptors (Lipinski definition) is 4. The molecule has 2 atom stereocenters. The van der Waals surface area contributed by atoms with Gasteiger partial charge in [-0.2, -0.15) is 5.48 Å². The van der Waals surface area contributed by atoms with Crippen LogP contribution in [0.1, 0.15) is 38.4 Å². The van der Waals surface area contributed by atoms with Crippen LogP contribution in [-0.2, 0) is 9.63 Å². The van der Waals surface area contributed by atoms with Crippen molar-refractivity contribution in [2.45, 2.75) is 39.1 Å². The number of carbonyl (C=O) groups excluding carboxylic acids is 1. The van der Waals surface area contributed by atoms with Gasteiger partial charge in [-0.3, -0.25) is 14.9 Å². The molecule has 3 N–H and O–H groups in total. The summed E-state index contributed by atoms with van der Waals surface area (Å²) in [4.78, 5) is 17.1. The van der Waals surface area contributed by atoms with Crippen LogP contribution in [0.5, 0.6) is 0 Å². The molecule has 110 valence electrons. The Morgan fingerprint density at radius 1 is 1.35 bits per heavy atom. The minimum atomic E-state index is -0.134. The van der Waals surface area contributed by atoms with Gasteiger partial charge in [0.2, 0.25) is 5.91 Å². The zero-order valence-electron chi connectivity index (χ0n) is 12.1. The molecule has 2 unspecified atom stereocenters. The summed E-state index contributed by atoms with van der Waals surface area (Å²) in [5, 5.41) is 6.22. The lowest BCUT2D eigenvalue weighted by atomic mass is 10.1. The van der Waals surface area contributed by atoms with Crippen molar-refractivity contribution in [1.29, 1.82) is 0 Å². The first-order chi connectivity index (χ1) is 9.65. The first-order valence-corrected chi connectivity index (χ1v) is 7.14. The van der Waals surface area contributed by atoms with Crippen LogP contribution in [0, 0.1) is 5.92 Å². The van der Waals surface area contributed by atoms with Crippen LogP contribution in [0.2, 0.25) is 0 Å². The fraction of sp³-hybridized carbons (Fsp3) is 0.533. The summed E-state index contributed by atoms with van der Waals surface area (Å²) in [5.74, 6) is 0.552. The molecule has 0 radical (unpaired) electrons. The second kappa shape index (κ2) is 7.38. The third-order valence-electron chi connectivity index (χ3n) is 3.15. The van der Waals surface area contributed by atoms with Crippen molar-refractivity contribution < 1.29 is 9.63 Å². The summed E-state index contributed by atoms with van der Waals surface area (Å²) < 4.78 is 0. The molecule has 0 bridgehead atoms. The molecule has 0 saturated carbocycles. The van der Waals surface area contributed by atoms with Crippen LogP contribution >= 0.6 is 0 Å². The van der Waals surface area contributed by atoms with Gasteiger partial charge in [-0.1, -0.05) is 44.2 Å². The molecular weight excluding hydrogens is 254 g/mol. The molecule has 1 amide bonds. The van der Waals surface area contributed by atoms with E-state index in [4.69, 9.17) is 4.84 Å². The first-order valence-electron chi connectivity index (χ1n) is 7.14. The molecule has 1 heterocycles. The Labute approximate surface area is 120 Å². The van der Waals surface area contributed by atoms with Crippen molar-refractivity contribution in [2.24, 2.45) is 5.92 Å². The second-order valence-corrected chi connectivity index (χ2v) is 5.47. The molecule has 0 aliphatic carbocycles. The molecule has 1 saturated heterocycles. The lowest BCUT2D eigenvalue weighted by Crippen LogP contribution is -2.30. The number of carbonyl (C=O) groups is 1. The average molecular weight is 277 g/mol. The van der Waals surface area contributed by atoms with E-state index < -0.39 is 0 Å². The molecule has 1 aliphatic heterocycles. The summed E-state index contributed by atoms with van der Waals surface area (Å²) in [6.45, 7) is 4.88. The maximum absolute atomic E-state index is 11.6. The molecule has 0 spiro atoms. The molecule has 1 fully saturated rings. The molecule has 0 aromatic heterocycles. The highest BCUT2D eigenvalue weighted by atomic mass is 16.7. The third-order valence-corrected chi connectivity index (χ3v) is 3.15. The van der Waals surface area contributed by atoms with E-state index >= 15 is 0 Å². The van der Waals surface area contributed by atoms with Crippen LogP contribution in [0.4, 0.5) is 0 Å². The van der Waals surface area contributed by atoms with Crippen molar-refractivity contribution in [3.05, 3.63) is 35.9 Å². The van der Waals surface area contributed by atoms with Gasteiger partial charge in [0.25, 0.3) is 0 Å². The minimum absolute atomic E-state index is 0.0140. The van der Waals surface area contributed by atoms with Gasteiger partial charge >= 0.3 is 0 Å². The quantitative estimate of drug-likeness (QED) is 0.740. The van der Waals surface area contributed by atoms with Gasteiger partial charge in [0.1, 0.15) is 12.4 Å². The smallest absolute Gasteiger partial charge is 0.220 e. The monoisotopic (exact) mass is 277 g/mol. The predicted molar refractivity (Wildman–Crippen MR) is 77.4 cm³/mol. The highest BCUT2D eigenvalue weighted by Gasteiger charge is 2.25. The number of hydroxylamine groups is 1. The highest BCUT2D eigenvalue weighted by molar-refractivity contribution is 5.75. The predicted octanol–water partition coefficient (Wildman–Crippen LogP) is 1.69. The third kappa shape index (κ3) is 4.59. The van der Waals surface area contributed by atoms with Crippen LogP contribution < -0.4 is 16.1 Å². The van der Waals surface area contributed by atoms with Crippen molar-refractivity contribution in [2.75, 3.05) is 6.54 Å². The van der Waals surface area contributed by atoms with Gasteiger partial charge in [0.05, 0.1) is 0 Å². The Bertz CT molecular complexity index is 422. The van der Waals surface area contributed by atoms with E-state index in [-0.39, 0.29) is 18.3 Å². The van der Waals surface area contributed by atoms with Gasteiger partial charge in [-0.05, 0) is 17.9 Å². The summed E-state index contributed by atoms with van der Waals surface area (Å²) >= 11 is 0. The number of amides is 1. The molecule has 1 aromatic rings. The molecule has 20 heavy (non-hydrogen) atoms. The number of hydrogen-bond donors (Lipinski definition) is 3. The second-order valence-electron chi connectivity index (χ2n) is 5.47. The minimum Gasteiger partial charge on any atom is -0.356 e. The summed E-state index contributed by atoms with van der Waals surface area (Å²) in [6.07, 6.45) is 0.971. The van der Waals surface area contributed by atoms with E-state index in [2.05, 4.69) is 30.0 Å². The normalized spacial score (nSPS) is 22.1. The van der Waals surface area contributed by atoms with Crippen molar-refractivity contribution in [3.63, 3.8) is 0 Å². The summed E-state index contributed by atoms with van der Waals surface area (Å²) in [7, 11) is 0. The molecule has 2 rings (SSSR count). The van der Waals surface area contributed by atoms with Gasteiger partial charge in [0, 0.05) is 13.0 Å². The lowest BCUT2D eigenvalue weighted by molar-refractivity contribution is -0.122. The lowest BCUT2D eigenvalue weighted by Gasteiger charge is -2.11. The zero-order valence-corrected chi connectivity index (χ0v) is 12.1. The van der Waals surface area contributed by atoms with E-state index in [0.717, 1.165) is 12.1 Å². The van der Waals surface area contributed by atoms with E-state index in [9.17, 15) is 4.79 Å². The van der Waals surface area contributed by atoms with E-state index in [1.54, 1.807) is 0 Å². The fourth-order valence-electron chi connectivity index (χ4n) is 2.02. The van der Waals surface area contributed by atoms with Gasteiger partial charge in [-0.25, -0.2) is 0 Å². The average Bonchev–Trinajstić information content (AvgIpc) is 2.93. The standard InChI is InChI=1S/C15H23N3O2/c1-11(2)10-16-13(19)8-9-14-17-15(18-20-14)12-6-4-3-5-7-12/h3-7,11,14-15,17-18H,8-10H2,1-2H3,(H,16,19). The number of rotatable bonds is 6. The van der Waals surface area contributed by atoms with Crippen molar-refractivity contribution in [3.8, 4) is 0 Å². The van der Waals surface area contributed by atoms with Gasteiger partial charge < -0.3 is 5.32 Å². The SMILES string of the molecule is CC(C)CNC(=O)CCC1NC(c2ccccc2)NO1. The van der Waals surface area contributed by atoms with Crippen molar-refractivity contribution >= 4 is 5.91 Å². The Kier molecular flexibility index (Phi) is 5.52. The van der Waals surface area contributed by atoms with Crippen LogP contribution in [0.3, 0.4) is 0 Å². The largest absolute Gasteiger partial charge is 0.356 e. The van der Waals surface area contributed by atoms with Gasteiger partial charge in [-0.15, -0.1) is 0 Å². The Morgan fingerprint density at radius 3 is 2.80 bits per heavy atom. The number of benzene rings is 1. The Hall–Kier alpha value is -1.43. The van der Waals surface area contributed by atoms with E-state index in [0.29, 0.717) is 18.8 Å². The van der Waals surface area contributed by atoms with Crippen molar-refractivity contribution in [1.82, 2.24) is 16.1 Å². The molecule has 1 aliphatic rings. The van der Waals surface area contributed by atoms with Crippen LogP contribution in [0.15, 0.2) is 30.3 Å². The van der Waals surface area contributed by atoms with Gasteiger partial charge in [0.15, 0.2) is 0 Å². The molecule has 5 nitrogen and oxygen atoms in total. The Morgan fingerprint density at radius 2 is 2.10 bits per heavy atom. The maximum atomic E-state index is 11.6. The molecule has 1 aromatic carbocycles. The van der Waals surface area contributed by atoms with E-state index in [1.807, 2.05) is 30.3 Å². The fourth-order valence-corrected chi connectivity index (χ4v) is 2.02.